The lowest BCUT2D eigenvalue weighted by atomic mass is 9.98. The summed E-state index contributed by atoms with van der Waals surface area (Å²) in [5, 5.41) is 0. The van der Waals surface area contributed by atoms with E-state index in [1.165, 1.54) is 89.0 Å². The molecule has 2 nitrogen and oxygen atoms in total. The third-order valence-electron chi connectivity index (χ3n) is 16.3. The van der Waals surface area contributed by atoms with Gasteiger partial charge in [-0.1, -0.05) is 279 Å². The van der Waals surface area contributed by atoms with Crippen molar-refractivity contribution in [3.8, 4) is 100 Å². The zero-order chi connectivity index (χ0) is 57.4. The highest BCUT2D eigenvalue weighted by molar-refractivity contribution is 5.85. The second-order valence-corrected chi connectivity index (χ2v) is 21.7. The first kappa shape index (κ1) is 52.7. The fourth-order valence-electron chi connectivity index (χ4n) is 11.7. The quantitative estimate of drug-likeness (QED) is 0.101. The van der Waals surface area contributed by atoms with E-state index >= 15 is 0 Å². The van der Waals surface area contributed by atoms with E-state index in [1.54, 1.807) is 0 Å². The fourth-order valence-corrected chi connectivity index (χ4v) is 11.7. The highest BCUT2D eigenvalue weighted by Gasteiger charge is 2.17. The first-order valence-electron chi connectivity index (χ1n) is 29.4. The van der Waals surface area contributed by atoms with Crippen LogP contribution in [0.25, 0.3) is 100 Å². The van der Waals surface area contributed by atoms with Crippen LogP contribution in [0.3, 0.4) is 0 Å². The maximum Gasteiger partial charge on any atom is 0.0462 e. The average Bonchev–Trinajstić information content (AvgIpc) is 3.77. The minimum Gasteiger partial charge on any atom is -0.311 e. The van der Waals surface area contributed by atoms with Crippen LogP contribution in [0.2, 0.25) is 0 Å². The smallest absolute Gasteiger partial charge is 0.0462 e. The highest BCUT2D eigenvalue weighted by Crippen LogP contribution is 2.41. The Morgan fingerprint density at radius 3 is 0.419 bits per heavy atom. The van der Waals surface area contributed by atoms with Gasteiger partial charge in [-0.2, -0.15) is 0 Å². The van der Waals surface area contributed by atoms with Crippen LogP contribution < -0.4 is 9.80 Å². The van der Waals surface area contributed by atoms with Crippen molar-refractivity contribution in [1.82, 2.24) is 0 Å². The molecule has 0 aliphatic rings. The maximum atomic E-state index is 2.35. The van der Waals surface area contributed by atoms with Crippen molar-refractivity contribution in [2.75, 3.05) is 9.80 Å². The second-order valence-electron chi connectivity index (χ2n) is 21.7. The molecule has 0 radical (unpaired) electrons. The molecule has 0 aliphatic carbocycles. The number of benzene rings is 14. The molecule has 0 N–H and O–H groups in total. The average molecular weight is 1100 g/mol. The molecule has 0 fully saturated rings. The SMILES string of the molecule is c1ccc(-c2ccc(-c3ccc(N(c4ccc(-c5ccc(N(c6ccc(-c7ccc(-c8ccccc8)cc7)cc6)c6ccc(-c7cccc(-c8ccccc8)c7)cc6)cc5)cc4)c4ccc(-c5cccc(-c6ccccc6)c5)cc4)cc3)cc2)cc1. The van der Waals surface area contributed by atoms with Gasteiger partial charge in [-0.15, -0.1) is 0 Å². The summed E-state index contributed by atoms with van der Waals surface area (Å²) in [5.74, 6) is 0. The number of hydrogen-bond donors (Lipinski definition) is 0. The van der Waals surface area contributed by atoms with Gasteiger partial charge in [0, 0.05) is 34.1 Å². The van der Waals surface area contributed by atoms with Gasteiger partial charge >= 0.3 is 0 Å². The first-order valence-corrected chi connectivity index (χ1v) is 29.4. The van der Waals surface area contributed by atoms with Crippen LogP contribution in [-0.4, -0.2) is 0 Å². The molecule has 0 aromatic heterocycles. The molecule has 14 aromatic rings. The molecule has 0 heterocycles. The monoisotopic (exact) mass is 1100 g/mol. The maximum absolute atomic E-state index is 2.35. The van der Waals surface area contributed by atoms with Gasteiger partial charge in [-0.05, 0) is 185 Å². The summed E-state index contributed by atoms with van der Waals surface area (Å²) in [7, 11) is 0. The Morgan fingerprint density at radius 2 is 0.233 bits per heavy atom. The molecule has 0 atom stereocenters. The van der Waals surface area contributed by atoms with Crippen LogP contribution in [0, 0.1) is 0 Å². The zero-order valence-corrected chi connectivity index (χ0v) is 47.5. The van der Waals surface area contributed by atoms with Crippen LogP contribution in [0.15, 0.2) is 364 Å². The van der Waals surface area contributed by atoms with Gasteiger partial charge in [0.25, 0.3) is 0 Å². The molecule has 0 saturated carbocycles. The van der Waals surface area contributed by atoms with Crippen molar-refractivity contribution in [2.24, 2.45) is 0 Å². The molecular weight excluding hydrogens is 1040 g/mol. The molecule has 86 heavy (non-hydrogen) atoms. The Morgan fingerprint density at radius 1 is 0.105 bits per heavy atom. The fraction of sp³-hybridized carbons (Fsp3) is 0. The molecule has 14 rings (SSSR count). The molecule has 0 amide bonds. The summed E-state index contributed by atoms with van der Waals surface area (Å²) in [6.07, 6.45) is 0. The molecular formula is C84H60N2. The van der Waals surface area contributed by atoms with Crippen molar-refractivity contribution >= 4 is 34.1 Å². The second kappa shape index (κ2) is 24.3. The Hall–Kier alpha value is -11.3. The van der Waals surface area contributed by atoms with Gasteiger partial charge < -0.3 is 9.80 Å². The Labute approximate surface area is 505 Å². The van der Waals surface area contributed by atoms with E-state index in [1.807, 2.05) is 0 Å². The number of rotatable bonds is 15. The topological polar surface area (TPSA) is 6.48 Å². The lowest BCUT2D eigenvalue weighted by molar-refractivity contribution is 1.28. The minimum absolute atomic E-state index is 1.07. The van der Waals surface area contributed by atoms with Crippen molar-refractivity contribution in [3.05, 3.63) is 364 Å². The number of nitrogens with zero attached hydrogens (tertiary/aromatic N) is 2. The van der Waals surface area contributed by atoms with Crippen molar-refractivity contribution in [1.29, 1.82) is 0 Å². The van der Waals surface area contributed by atoms with Crippen LogP contribution in [-0.2, 0) is 0 Å². The first-order chi connectivity index (χ1) is 42.6. The van der Waals surface area contributed by atoms with E-state index in [0.29, 0.717) is 0 Å². The van der Waals surface area contributed by atoms with E-state index in [2.05, 4.69) is 374 Å². The molecule has 0 unspecified atom stereocenters. The summed E-state index contributed by atoms with van der Waals surface area (Å²) in [5.41, 5.74) is 27.8. The van der Waals surface area contributed by atoms with E-state index in [9.17, 15) is 0 Å². The van der Waals surface area contributed by atoms with Gasteiger partial charge in [0.1, 0.15) is 0 Å². The molecule has 0 aliphatic heterocycles. The van der Waals surface area contributed by atoms with Crippen molar-refractivity contribution in [3.63, 3.8) is 0 Å². The summed E-state index contributed by atoms with van der Waals surface area (Å²) < 4.78 is 0. The Kier molecular flexibility index (Phi) is 14.9. The van der Waals surface area contributed by atoms with E-state index in [0.717, 1.165) is 45.3 Å². The van der Waals surface area contributed by atoms with Crippen LogP contribution in [0.5, 0.6) is 0 Å². The van der Waals surface area contributed by atoms with Crippen LogP contribution >= 0.6 is 0 Å². The van der Waals surface area contributed by atoms with Crippen LogP contribution in [0.1, 0.15) is 0 Å². The lowest BCUT2D eigenvalue weighted by Gasteiger charge is -2.27. The van der Waals surface area contributed by atoms with E-state index < -0.39 is 0 Å². The van der Waals surface area contributed by atoms with Gasteiger partial charge in [0.05, 0.1) is 0 Å². The zero-order valence-electron chi connectivity index (χ0n) is 47.5. The summed E-state index contributed by atoms with van der Waals surface area (Å²) >= 11 is 0. The lowest BCUT2D eigenvalue weighted by Crippen LogP contribution is -2.10. The van der Waals surface area contributed by atoms with Crippen LogP contribution in [0.4, 0.5) is 34.1 Å². The molecule has 0 saturated heterocycles. The minimum atomic E-state index is 1.07. The van der Waals surface area contributed by atoms with Crippen molar-refractivity contribution in [2.45, 2.75) is 0 Å². The van der Waals surface area contributed by atoms with E-state index in [4.69, 9.17) is 0 Å². The summed E-state index contributed by atoms with van der Waals surface area (Å²) in [6.45, 7) is 0. The van der Waals surface area contributed by atoms with Crippen molar-refractivity contribution < 1.29 is 0 Å². The normalized spacial score (nSPS) is 11.0. The van der Waals surface area contributed by atoms with Gasteiger partial charge in [0.2, 0.25) is 0 Å². The van der Waals surface area contributed by atoms with Gasteiger partial charge in [-0.25, -0.2) is 0 Å². The Balaban J connectivity index is 0.767. The molecule has 406 valence electrons. The molecule has 14 aromatic carbocycles. The van der Waals surface area contributed by atoms with Gasteiger partial charge in [0.15, 0.2) is 0 Å². The number of hydrogen-bond acceptors (Lipinski definition) is 2. The summed E-state index contributed by atoms with van der Waals surface area (Å²) in [6, 6.07) is 131. The van der Waals surface area contributed by atoms with E-state index in [-0.39, 0.29) is 0 Å². The summed E-state index contributed by atoms with van der Waals surface area (Å²) in [4.78, 5) is 4.71. The Bertz CT molecular complexity index is 4210. The third-order valence-corrected chi connectivity index (χ3v) is 16.3. The predicted octanol–water partition coefficient (Wildman–Crippen LogP) is 23.6. The van der Waals surface area contributed by atoms with Gasteiger partial charge in [-0.3, -0.25) is 0 Å². The number of anilines is 6. The molecule has 2 heteroatoms. The molecule has 0 spiro atoms. The molecule has 0 bridgehead atoms. The standard InChI is InChI=1S/C84H60N2/c1-5-15-61(16-6-1)65-27-31-67(32-28-65)69-35-47-79(48-36-69)85(83-55-43-73(44-56-83)77-25-13-23-75(59-77)63-19-9-3-10-20-63)81-51-39-71(40-52-81)72-41-53-82(54-42-72)86(80-49-37-70(38-50-80)68-33-29-66(30-34-68)62-17-7-2-8-18-62)84-57-45-74(46-58-84)78-26-14-24-76(60-78)64-21-11-4-12-22-64/h1-60H. The predicted molar refractivity (Wildman–Crippen MR) is 365 cm³/mol. The largest absolute Gasteiger partial charge is 0.311 e. The third kappa shape index (κ3) is 11.4. The highest BCUT2D eigenvalue weighted by atomic mass is 15.1.